The molecule has 2 amide bonds. The zero-order valence-corrected chi connectivity index (χ0v) is 16.4. The van der Waals surface area contributed by atoms with Crippen molar-refractivity contribution in [1.29, 1.82) is 0 Å². The molecule has 1 saturated heterocycles. The Morgan fingerprint density at radius 1 is 1.04 bits per heavy atom. The Kier molecular flexibility index (Phi) is 6.52. The lowest BCUT2D eigenvalue weighted by molar-refractivity contribution is -0.131. The molecular weight excluding hydrogens is 383 g/mol. The Balaban J connectivity index is 1.56. The topological polar surface area (TPSA) is 49.9 Å². The van der Waals surface area contributed by atoms with E-state index in [0.717, 1.165) is 11.3 Å². The second kappa shape index (κ2) is 9.06. The van der Waals surface area contributed by atoms with Gasteiger partial charge in [0.05, 0.1) is 23.6 Å². The first-order chi connectivity index (χ1) is 13.5. The van der Waals surface area contributed by atoms with Crippen molar-refractivity contribution in [1.82, 2.24) is 9.80 Å². The van der Waals surface area contributed by atoms with Gasteiger partial charge >= 0.3 is 0 Å². The number of benzene rings is 2. The van der Waals surface area contributed by atoms with Gasteiger partial charge in [-0.25, -0.2) is 4.39 Å². The van der Waals surface area contributed by atoms with Crippen LogP contribution in [0.5, 0.6) is 5.75 Å². The molecule has 0 atom stereocenters. The minimum atomic E-state index is -0.633. The number of nitrogens with zero attached hydrogens (tertiary/aromatic N) is 2. The van der Waals surface area contributed by atoms with Gasteiger partial charge in [0.15, 0.2) is 0 Å². The van der Waals surface area contributed by atoms with Gasteiger partial charge in [-0.1, -0.05) is 29.8 Å². The fraction of sp³-hybridized carbons (Fsp3) is 0.333. The van der Waals surface area contributed by atoms with Crippen LogP contribution in [-0.4, -0.2) is 54.4 Å². The number of ether oxygens (including phenoxy) is 1. The van der Waals surface area contributed by atoms with E-state index in [1.165, 1.54) is 23.1 Å². The third kappa shape index (κ3) is 4.62. The number of hydrogen-bond acceptors (Lipinski definition) is 3. The number of carbonyl (C=O) groups excluding carboxylic acids is 2. The molecular formula is C21H22ClFN2O3. The number of piperazine rings is 1. The third-order valence-electron chi connectivity index (χ3n) is 4.69. The minimum Gasteiger partial charge on any atom is -0.494 e. The van der Waals surface area contributed by atoms with Crippen LogP contribution in [0.4, 0.5) is 4.39 Å². The number of rotatable bonds is 5. The van der Waals surface area contributed by atoms with Crippen molar-refractivity contribution in [3.63, 3.8) is 0 Å². The van der Waals surface area contributed by atoms with Gasteiger partial charge < -0.3 is 14.5 Å². The molecule has 1 fully saturated rings. The summed E-state index contributed by atoms with van der Waals surface area (Å²) in [5.41, 5.74) is 0.795. The quantitative estimate of drug-likeness (QED) is 0.767. The van der Waals surface area contributed by atoms with Crippen molar-refractivity contribution in [3.05, 3.63) is 64.4 Å². The first-order valence-electron chi connectivity index (χ1n) is 9.22. The lowest BCUT2D eigenvalue weighted by atomic mass is 10.1. The van der Waals surface area contributed by atoms with E-state index in [0.29, 0.717) is 39.2 Å². The maximum absolute atomic E-state index is 14.0. The van der Waals surface area contributed by atoms with Crippen LogP contribution in [0.2, 0.25) is 5.02 Å². The largest absolute Gasteiger partial charge is 0.494 e. The molecule has 28 heavy (non-hydrogen) atoms. The Bertz CT molecular complexity index is 829. The number of halogens is 2. The zero-order valence-electron chi connectivity index (χ0n) is 15.7. The Morgan fingerprint density at radius 2 is 1.68 bits per heavy atom. The lowest BCUT2D eigenvalue weighted by Gasteiger charge is -2.35. The lowest BCUT2D eigenvalue weighted by Crippen LogP contribution is -2.51. The summed E-state index contributed by atoms with van der Waals surface area (Å²) >= 11 is 5.98. The van der Waals surface area contributed by atoms with E-state index in [-0.39, 0.29) is 16.5 Å². The summed E-state index contributed by atoms with van der Waals surface area (Å²) < 4.78 is 19.4. The van der Waals surface area contributed by atoms with Gasteiger partial charge in [-0.3, -0.25) is 9.59 Å². The highest BCUT2D eigenvalue weighted by Gasteiger charge is 2.27. The SMILES string of the molecule is CCOc1ccc(CC(=O)N2CCN(C(=O)c3c(F)cccc3Cl)CC2)cc1. The van der Waals surface area contributed by atoms with Crippen LogP contribution in [0.1, 0.15) is 22.8 Å². The average Bonchev–Trinajstić information content (AvgIpc) is 2.69. The molecule has 0 aromatic heterocycles. The Labute approximate surface area is 168 Å². The van der Waals surface area contributed by atoms with Gasteiger partial charge in [0.1, 0.15) is 11.6 Å². The van der Waals surface area contributed by atoms with Crippen LogP contribution < -0.4 is 4.74 Å². The van der Waals surface area contributed by atoms with Gasteiger partial charge in [0, 0.05) is 26.2 Å². The Hall–Kier alpha value is -2.60. The van der Waals surface area contributed by atoms with Crippen LogP contribution in [0.15, 0.2) is 42.5 Å². The van der Waals surface area contributed by atoms with Crippen molar-refractivity contribution >= 4 is 23.4 Å². The molecule has 0 spiro atoms. The monoisotopic (exact) mass is 404 g/mol. The average molecular weight is 405 g/mol. The van der Waals surface area contributed by atoms with Crippen molar-refractivity contribution in [2.45, 2.75) is 13.3 Å². The van der Waals surface area contributed by atoms with Crippen molar-refractivity contribution < 1.29 is 18.7 Å². The molecule has 7 heteroatoms. The normalized spacial score (nSPS) is 14.1. The minimum absolute atomic E-state index is 0.000169. The number of hydrogen-bond donors (Lipinski definition) is 0. The molecule has 2 aromatic rings. The van der Waals surface area contributed by atoms with Crippen LogP contribution in [0.25, 0.3) is 0 Å². The van der Waals surface area contributed by atoms with Crippen LogP contribution in [-0.2, 0) is 11.2 Å². The molecule has 3 rings (SSSR count). The van der Waals surface area contributed by atoms with Crippen LogP contribution >= 0.6 is 11.6 Å². The molecule has 2 aromatic carbocycles. The van der Waals surface area contributed by atoms with E-state index >= 15 is 0 Å². The molecule has 1 aliphatic rings. The predicted octanol–water partition coefficient (Wildman–Crippen LogP) is 3.40. The molecule has 0 N–H and O–H groups in total. The summed E-state index contributed by atoms with van der Waals surface area (Å²) in [6, 6.07) is 11.6. The molecule has 0 saturated carbocycles. The maximum Gasteiger partial charge on any atom is 0.258 e. The summed E-state index contributed by atoms with van der Waals surface area (Å²) in [4.78, 5) is 28.4. The van der Waals surface area contributed by atoms with Crippen LogP contribution in [0, 0.1) is 5.82 Å². The van der Waals surface area contributed by atoms with Crippen molar-refractivity contribution in [3.8, 4) is 5.75 Å². The Morgan fingerprint density at radius 3 is 2.29 bits per heavy atom. The third-order valence-corrected chi connectivity index (χ3v) is 5.00. The van der Waals surface area contributed by atoms with Gasteiger partial charge in [-0.05, 0) is 36.8 Å². The van der Waals surface area contributed by atoms with Crippen molar-refractivity contribution in [2.24, 2.45) is 0 Å². The van der Waals surface area contributed by atoms with E-state index in [2.05, 4.69) is 0 Å². The highest BCUT2D eigenvalue weighted by atomic mass is 35.5. The summed E-state index contributed by atoms with van der Waals surface area (Å²) in [7, 11) is 0. The summed E-state index contributed by atoms with van der Waals surface area (Å²) in [5, 5.41) is 0.0963. The van der Waals surface area contributed by atoms with Crippen molar-refractivity contribution in [2.75, 3.05) is 32.8 Å². The van der Waals surface area contributed by atoms with E-state index in [9.17, 15) is 14.0 Å². The molecule has 0 radical (unpaired) electrons. The van der Waals surface area contributed by atoms with Gasteiger partial charge in [0.25, 0.3) is 5.91 Å². The summed E-state index contributed by atoms with van der Waals surface area (Å²) in [6.07, 6.45) is 0.291. The predicted molar refractivity (Wildman–Crippen MR) is 105 cm³/mol. The smallest absolute Gasteiger partial charge is 0.258 e. The van der Waals surface area contributed by atoms with Gasteiger partial charge in [-0.2, -0.15) is 0 Å². The number of amides is 2. The first-order valence-corrected chi connectivity index (χ1v) is 9.60. The molecule has 5 nitrogen and oxygen atoms in total. The maximum atomic E-state index is 14.0. The molecule has 1 aliphatic heterocycles. The van der Waals surface area contributed by atoms with E-state index in [1.807, 2.05) is 31.2 Å². The molecule has 0 unspecified atom stereocenters. The fourth-order valence-electron chi connectivity index (χ4n) is 3.18. The standard InChI is InChI=1S/C21H22ClFN2O3/c1-2-28-16-8-6-15(7-9-16)14-19(26)24-10-12-25(13-11-24)21(27)20-17(22)4-3-5-18(20)23/h3-9H,2,10-14H2,1H3. The van der Waals surface area contributed by atoms with E-state index in [1.54, 1.807) is 4.90 Å². The molecule has 148 valence electrons. The second-order valence-electron chi connectivity index (χ2n) is 6.52. The molecule has 1 heterocycles. The highest BCUT2D eigenvalue weighted by molar-refractivity contribution is 6.33. The van der Waals surface area contributed by atoms with Gasteiger partial charge in [0.2, 0.25) is 5.91 Å². The fourth-order valence-corrected chi connectivity index (χ4v) is 3.42. The van der Waals surface area contributed by atoms with E-state index < -0.39 is 11.7 Å². The zero-order chi connectivity index (χ0) is 20.1. The summed E-state index contributed by atoms with van der Waals surface area (Å²) in [5.74, 6) is -0.300. The molecule has 0 bridgehead atoms. The van der Waals surface area contributed by atoms with Gasteiger partial charge in [-0.15, -0.1) is 0 Å². The van der Waals surface area contributed by atoms with Crippen LogP contribution in [0.3, 0.4) is 0 Å². The molecule has 0 aliphatic carbocycles. The number of carbonyl (C=O) groups is 2. The first kappa shape index (κ1) is 20.1. The summed E-state index contributed by atoms with van der Waals surface area (Å²) in [6.45, 7) is 4.03. The second-order valence-corrected chi connectivity index (χ2v) is 6.93. The highest BCUT2D eigenvalue weighted by Crippen LogP contribution is 2.22. The van der Waals surface area contributed by atoms with E-state index in [4.69, 9.17) is 16.3 Å².